The Hall–Kier alpha value is -2.53. The number of hydrogen-bond acceptors (Lipinski definition) is 4. The van der Waals surface area contributed by atoms with Gasteiger partial charge in [-0.1, -0.05) is 64.1 Å². The minimum absolute atomic E-state index is 0.142. The number of rotatable bonds is 4. The molecule has 1 amide bonds. The number of aryl methyl sites for hydroxylation is 2. The lowest BCUT2D eigenvalue weighted by atomic mass is 10.1. The Balaban J connectivity index is 1.74. The van der Waals surface area contributed by atoms with Crippen LogP contribution in [0.25, 0.3) is 11.3 Å². The van der Waals surface area contributed by atoms with Crippen molar-refractivity contribution in [1.29, 1.82) is 0 Å². The van der Waals surface area contributed by atoms with Crippen LogP contribution in [-0.2, 0) is 6.54 Å². The Morgan fingerprint density at radius 2 is 1.61 bits per heavy atom. The van der Waals surface area contributed by atoms with Crippen LogP contribution in [0.1, 0.15) is 26.4 Å². The van der Waals surface area contributed by atoms with Crippen molar-refractivity contribution < 1.29 is 4.79 Å². The highest BCUT2D eigenvalue weighted by atomic mass is 32.1. The minimum atomic E-state index is -0.142. The highest BCUT2D eigenvalue weighted by molar-refractivity contribution is 7.08. The molecule has 4 nitrogen and oxygen atoms in total. The van der Waals surface area contributed by atoms with Gasteiger partial charge in [0, 0.05) is 12.1 Å². The number of carbonyl (C=O) groups excluding carboxylic acids is 1. The average Bonchev–Trinajstić information content (AvgIpc) is 3.04. The van der Waals surface area contributed by atoms with Gasteiger partial charge in [-0.15, -0.1) is 5.10 Å². The van der Waals surface area contributed by atoms with Crippen LogP contribution in [0.4, 0.5) is 0 Å². The summed E-state index contributed by atoms with van der Waals surface area (Å²) in [5.41, 5.74) is 4.98. The van der Waals surface area contributed by atoms with E-state index < -0.39 is 0 Å². The SMILES string of the molecule is Cc1ccc(CNC(=O)c2snnc2-c2ccc(C)cc2)cc1. The molecule has 0 fully saturated rings. The van der Waals surface area contributed by atoms with Crippen LogP contribution in [-0.4, -0.2) is 15.5 Å². The number of hydrogen-bond donors (Lipinski definition) is 1. The molecule has 23 heavy (non-hydrogen) atoms. The molecule has 0 bridgehead atoms. The maximum atomic E-state index is 12.4. The van der Waals surface area contributed by atoms with E-state index in [-0.39, 0.29) is 5.91 Å². The number of aromatic nitrogens is 2. The van der Waals surface area contributed by atoms with E-state index in [1.165, 1.54) is 11.1 Å². The van der Waals surface area contributed by atoms with E-state index in [4.69, 9.17) is 0 Å². The second-order valence-electron chi connectivity index (χ2n) is 5.48. The van der Waals surface area contributed by atoms with E-state index in [1.54, 1.807) is 0 Å². The van der Waals surface area contributed by atoms with Gasteiger partial charge in [0.1, 0.15) is 10.6 Å². The standard InChI is InChI=1S/C18H17N3OS/c1-12-3-7-14(8-4-12)11-19-18(22)17-16(20-21-23-17)15-9-5-13(2)6-10-15/h3-10H,11H2,1-2H3,(H,19,22). The highest BCUT2D eigenvalue weighted by Crippen LogP contribution is 2.24. The quantitative estimate of drug-likeness (QED) is 0.795. The first-order chi connectivity index (χ1) is 11.1. The Morgan fingerprint density at radius 3 is 2.26 bits per heavy atom. The first-order valence-electron chi connectivity index (χ1n) is 7.36. The van der Waals surface area contributed by atoms with Gasteiger partial charge in [0.25, 0.3) is 5.91 Å². The largest absolute Gasteiger partial charge is 0.347 e. The van der Waals surface area contributed by atoms with Crippen molar-refractivity contribution in [3.05, 3.63) is 70.1 Å². The molecule has 0 atom stereocenters. The summed E-state index contributed by atoms with van der Waals surface area (Å²) in [6.45, 7) is 4.56. The fraction of sp³-hybridized carbons (Fsp3) is 0.167. The Morgan fingerprint density at radius 1 is 1.00 bits per heavy atom. The van der Waals surface area contributed by atoms with Gasteiger partial charge in [0.2, 0.25) is 0 Å². The molecule has 0 spiro atoms. The van der Waals surface area contributed by atoms with Crippen LogP contribution in [0.3, 0.4) is 0 Å². The topological polar surface area (TPSA) is 54.9 Å². The van der Waals surface area contributed by atoms with Crippen molar-refractivity contribution in [3.8, 4) is 11.3 Å². The number of nitrogens with one attached hydrogen (secondary N) is 1. The molecule has 116 valence electrons. The van der Waals surface area contributed by atoms with Gasteiger partial charge in [-0.2, -0.15) is 0 Å². The third-order valence-electron chi connectivity index (χ3n) is 3.59. The summed E-state index contributed by atoms with van der Waals surface area (Å²) in [6.07, 6.45) is 0. The van der Waals surface area contributed by atoms with Gasteiger partial charge >= 0.3 is 0 Å². The summed E-state index contributed by atoms with van der Waals surface area (Å²) in [7, 11) is 0. The van der Waals surface area contributed by atoms with E-state index in [1.807, 2.05) is 62.4 Å². The van der Waals surface area contributed by atoms with Gasteiger partial charge in [-0.3, -0.25) is 4.79 Å². The van der Waals surface area contributed by atoms with E-state index in [0.29, 0.717) is 17.1 Å². The molecule has 0 saturated carbocycles. The number of benzene rings is 2. The van der Waals surface area contributed by atoms with Crippen molar-refractivity contribution in [2.75, 3.05) is 0 Å². The first kappa shape index (κ1) is 15.4. The molecule has 1 N–H and O–H groups in total. The molecule has 3 rings (SSSR count). The highest BCUT2D eigenvalue weighted by Gasteiger charge is 2.17. The number of amides is 1. The zero-order chi connectivity index (χ0) is 16.2. The van der Waals surface area contributed by atoms with Gasteiger partial charge in [-0.25, -0.2) is 0 Å². The van der Waals surface area contributed by atoms with Crippen LogP contribution in [0.5, 0.6) is 0 Å². The van der Waals surface area contributed by atoms with Crippen LogP contribution in [0.15, 0.2) is 48.5 Å². The maximum absolute atomic E-state index is 12.4. The molecule has 5 heteroatoms. The third kappa shape index (κ3) is 3.63. The molecule has 0 unspecified atom stereocenters. The van der Waals surface area contributed by atoms with Crippen molar-refractivity contribution in [3.63, 3.8) is 0 Å². The van der Waals surface area contributed by atoms with Crippen LogP contribution >= 0.6 is 11.5 Å². The lowest BCUT2D eigenvalue weighted by Gasteiger charge is -2.05. The van der Waals surface area contributed by atoms with Crippen molar-refractivity contribution >= 4 is 17.4 Å². The summed E-state index contributed by atoms with van der Waals surface area (Å²) in [6, 6.07) is 16.0. The van der Waals surface area contributed by atoms with E-state index in [0.717, 1.165) is 22.7 Å². The Labute approximate surface area is 139 Å². The second-order valence-corrected chi connectivity index (χ2v) is 6.24. The van der Waals surface area contributed by atoms with E-state index >= 15 is 0 Å². The van der Waals surface area contributed by atoms with E-state index in [9.17, 15) is 4.79 Å². The molecular weight excluding hydrogens is 306 g/mol. The lowest BCUT2D eigenvalue weighted by molar-refractivity contribution is 0.0955. The molecule has 0 radical (unpaired) electrons. The number of nitrogens with zero attached hydrogens (tertiary/aromatic N) is 2. The molecule has 2 aromatic carbocycles. The smallest absolute Gasteiger partial charge is 0.265 e. The van der Waals surface area contributed by atoms with Crippen molar-refractivity contribution in [1.82, 2.24) is 14.9 Å². The second kappa shape index (κ2) is 6.71. The first-order valence-corrected chi connectivity index (χ1v) is 8.14. The normalized spacial score (nSPS) is 10.5. The van der Waals surface area contributed by atoms with Gasteiger partial charge in [0.05, 0.1) is 0 Å². The van der Waals surface area contributed by atoms with Crippen LogP contribution in [0.2, 0.25) is 0 Å². The van der Waals surface area contributed by atoms with Crippen LogP contribution in [0, 0.1) is 13.8 Å². The summed E-state index contributed by atoms with van der Waals surface area (Å²) < 4.78 is 3.94. The summed E-state index contributed by atoms with van der Waals surface area (Å²) >= 11 is 1.12. The third-order valence-corrected chi connectivity index (χ3v) is 4.32. The lowest BCUT2D eigenvalue weighted by Crippen LogP contribution is -2.22. The summed E-state index contributed by atoms with van der Waals surface area (Å²) in [5, 5.41) is 7.05. The summed E-state index contributed by atoms with van der Waals surface area (Å²) in [5.74, 6) is -0.142. The Kier molecular flexibility index (Phi) is 4.48. The fourth-order valence-corrected chi connectivity index (χ4v) is 2.81. The number of carbonyl (C=O) groups is 1. The predicted octanol–water partition coefficient (Wildman–Crippen LogP) is 3.75. The van der Waals surface area contributed by atoms with Crippen molar-refractivity contribution in [2.45, 2.75) is 20.4 Å². The zero-order valence-electron chi connectivity index (χ0n) is 13.0. The van der Waals surface area contributed by atoms with Gasteiger partial charge in [-0.05, 0) is 30.9 Å². The Bertz CT molecular complexity index is 807. The van der Waals surface area contributed by atoms with Crippen molar-refractivity contribution in [2.24, 2.45) is 0 Å². The fourth-order valence-electron chi connectivity index (χ4n) is 2.21. The average molecular weight is 323 g/mol. The molecular formula is C18H17N3OS. The molecule has 0 aliphatic carbocycles. The van der Waals surface area contributed by atoms with Gasteiger partial charge < -0.3 is 5.32 Å². The van der Waals surface area contributed by atoms with E-state index in [2.05, 4.69) is 14.9 Å². The maximum Gasteiger partial charge on any atom is 0.265 e. The molecule has 1 aromatic heterocycles. The minimum Gasteiger partial charge on any atom is -0.347 e. The van der Waals surface area contributed by atoms with Crippen LogP contribution < -0.4 is 5.32 Å². The van der Waals surface area contributed by atoms with Gasteiger partial charge in [0.15, 0.2) is 0 Å². The molecule has 3 aromatic rings. The molecule has 1 heterocycles. The molecule has 0 aliphatic heterocycles. The molecule has 0 aliphatic rings. The zero-order valence-corrected chi connectivity index (χ0v) is 13.9. The predicted molar refractivity (Wildman–Crippen MR) is 92.4 cm³/mol. The molecule has 0 saturated heterocycles. The summed E-state index contributed by atoms with van der Waals surface area (Å²) in [4.78, 5) is 13.0. The monoisotopic (exact) mass is 323 g/mol.